The summed E-state index contributed by atoms with van der Waals surface area (Å²) in [6.07, 6.45) is 0. The second kappa shape index (κ2) is 6.54. The van der Waals surface area contributed by atoms with Gasteiger partial charge in [-0.2, -0.15) is 5.26 Å². The van der Waals surface area contributed by atoms with Gasteiger partial charge in [-0.15, -0.1) is 0 Å². The molecule has 0 fully saturated rings. The highest BCUT2D eigenvalue weighted by Gasteiger charge is 2.28. The van der Waals surface area contributed by atoms with Crippen molar-refractivity contribution in [3.63, 3.8) is 0 Å². The molecular formula is C17H17N3O4. The van der Waals surface area contributed by atoms with E-state index in [1.807, 2.05) is 6.07 Å². The molecule has 24 heavy (non-hydrogen) atoms. The second-order valence-electron chi connectivity index (χ2n) is 5.79. The topological polar surface area (TPSA) is 103 Å². The Labute approximate surface area is 138 Å². The second-order valence-corrected chi connectivity index (χ2v) is 5.79. The number of amides is 1. The summed E-state index contributed by atoms with van der Waals surface area (Å²) in [5.74, 6) is -1.28. The number of aromatic amines is 1. The Morgan fingerprint density at radius 1 is 1.33 bits per heavy atom. The number of pyridine rings is 1. The maximum Gasteiger partial charge on any atom is 0.339 e. The Hall–Kier alpha value is -3.14. The van der Waals surface area contributed by atoms with Crippen LogP contribution in [0.2, 0.25) is 0 Å². The lowest BCUT2D eigenvalue weighted by Crippen LogP contribution is -2.45. The molecule has 1 heterocycles. The quantitative estimate of drug-likeness (QED) is 0.856. The largest absolute Gasteiger partial charge is 0.452 e. The first kappa shape index (κ1) is 17.2. The highest BCUT2D eigenvalue weighted by Crippen LogP contribution is 2.16. The molecule has 0 saturated carbocycles. The van der Waals surface area contributed by atoms with Gasteiger partial charge in [0.25, 0.3) is 5.91 Å². The predicted molar refractivity (Wildman–Crippen MR) is 87.3 cm³/mol. The number of fused-ring (bicyclic) bond motifs is 1. The van der Waals surface area contributed by atoms with Crippen molar-refractivity contribution in [2.24, 2.45) is 0 Å². The van der Waals surface area contributed by atoms with Gasteiger partial charge in [0.1, 0.15) is 5.54 Å². The van der Waals surface area contributed by atoms with Crippen molar-refractivity contribution < 1.29 is 14.3 Å². The molecule has 0 aliphatic carbocycles. The number of aromatic nitrogens is 1. The standard InChI is InChI=1S/C17H17N3O4/c1-17(2,10-18)20(3)15(22)9-24-16(23)12-8-14(21)19-13-7-5-4-6-11(12)13/h4-8H,9H2,1-3H3,(H,19,21). The number of hydrogen-bond acceptors (Lipinski definition) is 5. The maximum absolute atomic E-state index is 12.2. The first-order valence-corrected chi connectivity index (χ1v) is 7.23. The lowest BCUT2D eigenvalue weighted by Gasteiger charge is -2.28. The number of esters is 1. The molecule has 0 aliphatic heterocycles. The van der Waals surface area contributed by atoms with Crippen molar-refractivity contribution in [3.05, 3.63) is 46.2 Å². The van der Waals surface area contributed by atoms with E-state index < -0.39 is 29.6 Å². The Kier molecular flexibility index (Phi) is 4.69. The maximum atomic E-state index is 12.2. The number of ether oxygens (including phenoxy) is 1. The molecule has 0 unspecified atom stereocenters. The fourth-order valence-corrected chi connectivity index (χ4v) is 2.06. The number of rotatable bonds is 4. The molecule has 7 heteroatoms. The van der Waals surface area contributed by atoms with Gasteiger partial charge < -0.3 is 14.6 Å². The van der Waals surface area contributed by atoms with Crippen LogP contribution in [0.5, 0.6) is 0 Å². The van der Waals surface area contributed by atoms with Crippen molar-refractivity contribution in [1.82, 2.24) is 9.88 Å². The third-order valence-electron chi connectivity index (χ3n) is 3.78. The van der Waals surface area contributed by atoms with Crippen molar-refractivity contribution in [1.29, 1.82) is 5.26 Å². The van der Waals surface area contributed by atoms with E-state index in [4.69, 9.17) is 10.00 Å². The van der Waals surface area contributed by atoms with E-state index in [0.717, 1.165) is 6.07 Å². The summed E-state index contributed by atoms with van der Waals surface area (Å²) in [5.41, 5.74) is -0.856. The first-order chi connectivity index (χ1) is 11.3. The van der Waals surface area contributed by atoms with Gasteiger partial charge in [0.05, 0.1) is 11.6 Å². The minimum Gasteiger partial charge on any atom is -0.452 e. The summed E-state index contributed by atoms with van der Waals surface area (Å²) in [5, 5.41) is 9.56. The van der Waals surface area contributed by atoms with Crippen molar-refractivity contribution in [3.8, 4) is 6.07 Å². The van der Waals surface area contributed by atoms with Gasteiger partial charge in [-0.1, -0.05) is 18.2 Å². The van der Waals surface area contributed by atoms with Crippen LogP contribution in [0.25, 0.3) is 10.9 Å². The molecule has 0 aliphatic rings. The van der Waals surface area contributed by atoms with Crippen LogP contribution in [-0.2, 0) is 9.53 Å². The van der Waals surface area contributed by atoms with Crippen LogP contribution < -0.4 is 5.56 Å². The van der Waals surface area contributed by atoms with Gasteiger partial charge in [0.15, 0.2) is 6.61 Å². The van der Waals surface area contributed by atoms with Gasteiger partial charge >= 0.3 is 5.97 Å². The van der Waals surface area contributed by atoms with Crippen LogP contribution in [0, 0.1) is 11.3 Å². The molecule has 0 saturated heterocycles. The molecule has 0 bridgehead atoms. The Bertz CT molecular complexity index is 893. The number of nitriles is 1. The fraction of sp³-hybridized carbons (Fsp3) is 0.294. The number of benzene rings is 1. The minimum atomic E-state index is -1.01. The number of carbonyl (C=O) groups is 2. The van der Waals surface area contributed by atoms with Crippen molar-refractivity contribution in [2.45, 2.75) is 19.4 Å². The lowest BCUT2D eigenvalue weighted by molar-refractivity contribution is -0.136. The van der Waals surface area contributed by atoms with E-state index in [2.05, 4.69) is 4.98 Å². The molecule has 0 atom stereocenters. The highest BCUT2D eigenvalue weighted by atomic mass is 16.5. The zero-order valence-corrected chi connectivity index (χ0v) is 13.6. The molecular weight excluding hydrogens is 310 g/mol. The average Bonchev–Trinajstić information content (AvgIpc) is 2.57. The van der Waals surface area contributed by atoms with Gasteiger partial charge in [0, 0.05) is 24.0 Å². The van der Waals surface area contributed by atoms with E-state index in [-0.39, 0.29) is 5.56 Å². The normalized spacial score (nSPS) is 10.9. The van der Waals surface area contributed by atoms with Crippen LogP contribution in [0.4, 0.5) is 0 Å². The summed E-state index contributed by atoms with van der Waals surface area (Å²) < 4.78 is 5.02. The minimum absolute atomic E-state index is 0.0874. The Morgan fingerprint density at radius 3 is 2.67 bits per heavy atom. The van der Waals surface area contributed by atoms with Crippen LogP contribution in [-0.4, -0.2) is 41.0 Å². The van der Waals surface area contributed by atoms with Gasteiger partial charge in [0.2, 0.25) is 5.56 Å². The summed E-state index contributed by atoms with van der Waals surface area (Å²) in [4.78, 5) is 39.8. The predicted octanol–water partition coefficient (Wildman–Crippen LogP) is 1.45. The monoisotopic (exact) mass is 327 g/mol. The molecule has 2 rings (SSSR count). The first-order valence-electron chi connectivity index (χ1n) is 7.23. The number of nitrogens with one attached hydrogen (secondary N) is 1. The van der Waals surface area contributed by atoms with E-state index in [1.54, 1.807) is 38.1 Å². The van der Waals surface area contributed by atoms with Crippen LogP contribution in [0.1, 0.15) is 24.2 Å². The van der Waals surface area contributed by atoms with Crippen LogP contribution in [0.3, 0.4) is 0 Å². The molecule has 0 radical (unpaired) electrons. The summed E-state index contributed by atoms with van der Waals surface area (Å²) >= 11 is 0. The Morgan fingerprint density at radius 2 is 2.00 bits per heavy atom. The third-order valence-corrected chi connectivity index (χ3v) is 3.78. The van der Waals surface area contributed by atoms with E-state index in [0.29, 0.717) is 10.9 Å². The van der Waals surface area contributed by atoms with Gasteiger partial charge in [-0.3, -0.25) is 9.59 Å². The fourth-order valence-electron chi connectivity index (χ4n) is 2.06. The number of carbonyl (C=O) groups excluding carboxylic acids is 2. The van der Waals surface area contributed by atoms with Crippen molar-refractivity contribution in [2.75, 3.05) is 13.7 Å². The molecule has 2 aromatic rings. The number of nitrogens with zero attached hydrogens (tertiary/aromatic N) is 2. The average molecular weight is 327 g/mol. The number of hydrogen-bond donors (Lipinski definition) is 1. The summed E-state index contributed by atoms with van der Waals surface area (Å²) in [6.45, 7) is 2.65. The van der Waals surface area contributed by atoms with E-state index >= 15 is 0 Å². The van der Waals surface area contributed by atoms with Crippen molar-refractivity contribution >= 4 is 22.8 Å². The summed E-state index contributed by atoms with van der Waals surface area (Å²) in [7, 11) is 1.46. The molecule has 1 aromatic carbocycles. The highest BCUT2D eigenvalue weighted by molar-refractivity contribution is 6.03. The van der Waals surface area contributed by atoms with E-state index in [9.17, 15) is 14.4 Å². The van der Waals surface area contributed by atoms with E-state index in [1.165, 1.54) is 11.9 Å². The number of likely N-dealkylation sites (N-methyl/N-ethyl adjacent to an activating group) is 1. The van der Waals surface area contributed by atoms with Gasteiger partial charge in [-0.25, -0.2) is 4.79 Å². The number of para-hydroxylation sites is 1. The smallest absolute Gasteiger partial charge is 0.339 e. The van der Waals surface area contributed by atoms with Crippen LogP contribution >= 0.6 is 0 Å². The molecule has 1 N–H and O–H groups in total. The molecule has 1 aromatic heterocycles. The SMILES string of the molecule is CN(C(=O)COC(=O)c1cc(=O)[nH]c2ccccc12)C(C)(C)C#N. The molecule has 7 nitrogen and oxygen atoms in total. The zero-order chi connectivity index (χ0) is 17.9. The van der Waals surface area contributed by atoms with Gasteiger partial charge in [-0.05, 0) is 19.9 Å². The third kappa shape index (κ3) is 3.43. The molecule has 0 spiro atoms. The Balaban J connectivity index is 2.19. The lowest BCUT2D eigenvalue weighted by atomic mass is 10.1. The zero-order valence-electron chi connectivity index (χ0n) is 13.6. The molecule has 1 amide bonds. The van der Waals surface area contributed by atoms with Crippen LogP contribution in [0.15, 0.2) is 35.1 Å². The summed E-state index contributed by atoms with van der Waals surface area (Å²) in [6, 6.07) is 9.93. The number of H-pyrrole nitrogens is 1. The molecule has 124 valence electrons.